The van der Waals surface area contributed by atoms with Crippen LogP contribution in [0.1, 0.15) is 45.5 Å². The molecule has 0 aromatic heterocycles. The van der Waals surface area contributed by atoms with Crippen LogP contribution in [0.3, 0.4) is 0 Å². The zero-order valence-corrected chi connectivity index (χ0v) is 13.6. The third-order valence-corrected chi connectivity index (χ3v) is 4.40. The molecule has 1 fully saturated rings. The van der Waals surface area contributed by atoms with Crippen molar-refractivity contribution in [1.82, 2.24) is 4.90 Å². The third kappa shape index (κ3) is 3.45. The molecule has 0 bridgehead atoms. The van der Waals surface area contributed by atoms with Crippen molar-refractivity contribution in [1.29, 1.82) is 0 Å². The fourth-order valence-corrected chi connectivity index (χ4v) is 3.02. The molecule has 1 saturated heterocycles. The summed E-state index contributed by atoms with van der Waals surface area (Å²) in [4.78, 5) is 27.4. The average Bonchev–Trinajstić information content (AvgIpc) is 2.62. The normalized spacial score (nSPS) is 14.6. The maximum Gasteiger partial charge on any atom is 0.254 e. The summed E-state index contributed by atoms with van der Waals surface area (Å²) in [6, 6.07) is 13.8. The van der Waals surface area contributed by atoms with Gasteiger partial charge in [0.25, 0.3) is 5.91 Å². The Balaban J connectivity index is 1.92. The summed E-state index contributed by atoms with van der Waals surface area (Å²) in [6.07, 6.45) is 3.22. The van der Waals surface area contributed by atoms with E-state index in [1.807, 2.05) is 4.90 Å². The van der Waals surface area contributed by atoms with Crippen LogP contribution in [0.2, 0.25) is 5.02 Å². The van der Waals surface area contributed by atoms with Gasteiger partial charge in [-0.3, -0.25) is 9.59 Å². The van der Waals surface area contributed by atoms with E-state index in [1.165, 1.54) is 0 Å². The lowest BCUT2D eigenvalue weighted by Crippen LogP contribution is -2.36. The standard InChI is InChI=1S/C19H18ClNO2/c20-15-10-8-14(9-11-15)18(22)16-6-2-3-7-17(16)19(23)21-12-4-1-5-13-21/h2-3,6-11H,1,4-5,12-13H2. The van der Waals surface area contributed by atoms with Crippen molar-refractivity contribution in [2.45, 2.75) is 19.3 Å². The molecule has 0 radical (unpaired) electrons. The van der Waals surface area contributed by atoms with Crippen LogP contribution in [-0.4, -0.2) is 29.7 Å². The van der Waals surface area contributed by atoms with Gasteiger partial charge in [0.05, 0.1) is 5.56 Å². The minimum atomic E-state index is -0.150. The molecule has 1 amide bonds. The van der Waals surface area contributed by atoms with Gasteiger partial charge in [-0.1, -0.05) is 29.8 Å². The molecule has 0 N–H and O–H groups in total. The zero-order chi connectivity index (χ0) is 16.2. The summed E-state index contributed by atoms with van der Waals surface area (Å²) in [5.41, 5.74) is 1.47. The fraction of sp³-hybridized carbons (Fsp3) is 0.263. The lowest BCUT2D eigenvalue weighted by atomic mass is 9.97. The van der Waals surface area contributed by atoms with Gasteiger partial charge in [-0.05, 0) is 49.6 Å². The van der Waals surface area contributed by atoms with Gasteiger partial charge in [-0.2, -0.15) is 0 Å². The van der Waals surface area contributed by atoms with Crippen LogP contribution < -0.4 is 0 Å². The number of benzene rings is 2. The van der Waals surface area contributed by atoms with Gasteiger partial charge in [-0.25, -0.2) is 0 Å². The lowest BCUT2D eigenvalue weighted by Gasteiger charge is -2.27. The van der Waals surface area contributed by atoms with E-state index >= 15 is 0 Å². The monoisotopic (exact) mass is 327 g/mol. The Morgan fingerprint density at radius 2 is 1.43 bits per heavy atom. The minimum absolute atomic E-state index is 0.0531. The number of piperidine rings is 1. The highest BCUT2D eigenvalue weighted by atomic mass is 35.5. The molecule has 0 spiro atoms. The number of nitrogens with zero attached hydrogens (tertiary/aromatic N) is 1. The van der Waals surface area contributed by atoms with Crippen molar-refractivity contribution in [3.05, 3.63) is 70.2 Å². The molecular weight excluding hydrogens is 310 g/mol. The molecule has 118 valence electrons. The number of ketones is 1. The Bertz CT molecular complexity index is 718. The first-order chi connectivity index (χ1) is 11.2. The first kappa shape index (κ1) is 15.8. The Labute approximate surface area is 140 Å². The number of carbonyl (C=O) groups excluding carboxylic acids is 2. The molecule has 3 nitrogen and oxygen atoms in total. The van der Waals surface area contributed by atoms with Gasteiger partial charge in [0.15, 0.2) is 5.78 Å². The van der Waals surface area contributed by atoms with E-state index in [9.17, 15) is 9.59 Å². The molecular formula is C19H18ClNO2. The Morgan fingerprint density at radius 1 is 0.826 bits per heavy atom. The average molecular weight is 328 g/mol. The number of hydrogen-bond donors (Lipinski definition) is 0. The minimum Gasteiger partial charge on any atom is -0.339 e. The maximum atomic E-state index is 12.8. The molecule has 2 aromatic rings. The fourth-order valence-electron chi connectivity index (χ4n) is 2.89. The molecule has 0 unspecified atom stereocenters. The molecule has 0 aliphatic carbocycles. The van der Waals surface area contributed by atoms with Crippen LogP contribution in [0.25, 0.3) is 0 Å². The molecule has 4 heteroatoms. The van der Waals surface area contributed by atoms with Gasteiger partial charge in [-0.15, -0.1) is 0 Å². The Kier molecular flexibility index (Phi) is 4.77. The van der Waals surface area contributed by atoms with Gasteiger partial charge >= 0.3 is 0 Å². The second-order valence-corrected chi connectivity index (χ2v) is 6.17. The quantitative estimate of drug-likeness (QED) is 0.792. The van der Waals surface area contributed by atoms with E-state index in [-0.39, 0.29) is 11.7 Å². The number of likely N-dealkylation sites (tertiary alicyclic amines) is 1. The smallest absolute Gasteiger partial charge is 0.254 e. The van der Waals surface area contributed by atoms with Gasteiger partial charge in [0.2, 0.25) is 0 Å². The van der Waals surface area contributed by atoms with Gasteiger partial charge in [0, 0.05) is 29.2 Å². The largest absolute Gasteiger partial charge is 0.339 e. The topological polar surface area (TPSA) is 37.4 Å². The van der Waals surface area contributed by atoms with Gasteiger partial charge < -0.3 is 4.90 Å². The number of hydrogen-bond acceptors (Lipinski definition) is 2. The van der Waals surface area contributed by atoms with E-state index in [1.54, 1.807) is 48.5 Å². The van der Waals surface area contributed by atoms with Crippen molar-refractivity contribution in [3.63, 3.8) is 0 Å². The number of halogens is 1. The molecule has 0 saturated carbocycles. The van der Waals surface area contributed by atoms with E-state index in [4.69, 9.17) is 11.6 Å². The molecule has 2 aromatic carbocycles. The molecule has 1 aliphatic rings. The summed E-state index contributed by atoms with van der Waals surface area (Å²) in [5.74, 6) is -0.203. The summed E-state index contributed by atoms with van der Waals surface area (Å²) in [5, 5.41) is 0.583. The van der Waals surface area contributed by atoms with Crippen molar-refractivity contribution >= 4 is 23.3 Å². The van der Waals surface area contributed by atoms with Crippen LogP contribution in [0.4, 0.5) is 0 Å². The number of amides is 1. The van der Waals surface area contributed by atoms with E-state index in [0.717, 1.165) is 32.4 Å². The second kappa shape index (κ2) is 6.97. The predicted octanol–water partition coefficient (Wildman–Crippen LogP) is 4.20. The van der Waals surface area contributed by atoms with E-state index in [2.05, 4.69) is 0 Å². The molecule has 1 aliphatic heterocycles. The van der Waals surface area contributed by atoms with Crippen molar-refractivity contribution < 1.29 is 9.59 Å². The first-order valence-corrected chi connectivity index (χ1v) is 8.23. The maximum absolute atomic E-state index is 12.8. The molecule has 1 heterocycles. The van der Waals surface area contributed by atoms with E-state index in [0.29, 0.717) is 21.7 Å². The van der Waals surface area contributed by atoms with Crippen LogP contribution in [0, 0.1) is 0 Å². The summed E-state index contributed by atoms with van der Waals surface area (Å²) in [7, 11) is 0. The highest BCUT2D eigenvalue weighted by Crippen LogP contribution is 2.20. The second-order valence-electron chi connectivity index (χ2n) is 5.73. The van der Waals surface area contributed by atoms with Crippen LogP contribution in [-0.2, 0) is 0 Å². The number of rotatable bonds is 3. The van der Waals surface area contributed by atoms with Crippen molar-refractivity contribution in [2.75, 3.05) is 13.1 Å². The Hall–Kier alpha value is -2.13. The van der Waals surface area contributed by atoms with Crippen LogP contribution >= 0.6 is 11.6 Å². The number of carbonyl (C=O) groups is 2. The molecule has 0 atom stereocenters. The highest BCUT2D eigenvalue weighted by Gasteiger charge is 2.23. The lowest BCUT2D eigenvalue weighted by molar-refractivity contribution is 0.0720. The zero-order valence-electron chi connectivity index (χ0n) is 12.8. The van der Waals surface area contributed by atoms with Crippen LogP contribution in [0.15, 0.2) is 48.5 Å². The summed E-state index contributed by atoms with van der Waals surface area (Å²) < 4.78 is 0. The van der Waals surface area contributed by atoms with Crippen molar-refractivity contribution in [2.24, 2.45) is 0 Å². The van der Waals surface area contributed by atoms with E-state index < -0.39 is 0 Å². The first-order valence-electron chi connectivity index (χ1n) is 7.85. The van der Waals surface area contributed by atoms with Crippen molar-refractivity contribution in [3.8, 4) is 0 Å². The highest BCUT2D eigenvalue weighted by molar-refractivity contribution is 6.30. The molecule has 23 heavy (non-hydrogen) atoms. The summed E-state index contributed by atoms with van der Waals surface area (Å²) in [6.45, 7) is 1.53. The SMILES string of the molecule is O=C(c1ccc(Cl)cc1)c1ccccc1C(=O)N1CCCCC1. The summed E-state index contributed by atoms with van der Waals surface area (Å²) >= 11 is 5.87. The predicted molar refractivity (Wildman–Crippen MR) is 91.1 cm³/mol. The van der Waals surface area contributed by atoms with Crippen LogP contribution in [0.5, 0.6) is 0 Å². The van der Waals surface area contributed by atoms with Gasteiger partial charge in [0.1, 0.15) is 0 Å². The molecule has 3 rings (SSSR count). The third-order valence-electron chi connectivity index (χ3n) is 4.15. The Morgan fingerprint density at radius 3 is 2.09 bits per heavy atom.